The molecule has 0 bridgehead atoms. The molecule has 1 aromatic carbocycles. The summed E-state index contributed by atoms with van der Waals surface area (Å²) < 4.78 is 0. The Balaban J connectivity index is 1.39. The predicted molar refractivity (Wildman–Crippen MR) is 134 cm³/mol. The second-order valence-electron chi connectivity index (χ2n) is 9.72. The maximum Gasteiger partial charge on any atom is 0.147 e. The molecule has 0 amide bonds. The summed E-state index contributed by atoms with van der Waals surface area (Å²) in [5, 5.41) is 4.26. The summed E-state index contributed by atoms with van der Waals surface area (Å²) in [5.74, 6) is 1.71. The Kier molecular flexibility index (Phi) is 5.97. The molecule has 0 fully saturated rings. The third kappa shape index (κ3) is 4.42. The second-order valence-corrected chi connectivity index (χ2v) is 10.1. The van der Waals surface area contributed by atoms with Crippen molar-refractivity contribution in [1.82, 2.24) is 19.9 Å². The Morgan fingerprint density at radius 2 is 2.00 bits per heavy atom. The normalized spacial score (nSPS) is 17.4. The van der Waals surface area contributed by atoms with Gasteiger partial charge in [0.15, 0.2) is 0 Å². The number of hydrogen-bond donors (Lipinski definition) is 1. The third-order valence-electron chi connectivity index (χ3n) is 6.70. The Bertz CT molecular complexity index is 1160. The van der Waals surface area contributed by atoms with Crippen molar-refractivity contribution < 1.29 is 0 Å². The molecule has 5 rings (SSSR count). The van der Waals surface area contributed by atoms with Crippen molar-refractivity contribution >= 4 is 28.9 Å². The molecule has 0 radical (unpaired) electrons. The number of nitrogens with zero attached hydrogens (tertiary/aromatic N) is 5. The van der Waals surface area contributed by atoms with Crippen molar-refractivity contribution in [1.29, 1.82) is 0 Å². The molecular weight excluding hydrogens is 432 g/mol. The van der Waals surface area contributed by atoms with Gasteiger partial charge in [-0.1, -0.05) is 38.4 Å². The maximum absolute atomic E-state index is 6.38. The molecule has 2 aliphatic heterocycles. The number of rotatable bonds is 5. The molecule has 0 unspecified atom stereocenters. The number of hydrogen-bond acceptors (Lipinski definition) is 6. The summed E-state index contributed by atoms with van der Waals surface area (Å²) in [5.41, 5.74) is 6.29. The highest BCUT2D eigenvalue weighted by atomic mass is 35.5. The second kappa shape index (κ2) is 8.92. The van der Waals surface area contributed by atoms with Crippen molar-refractivity contribution in [3.63, 3.8) is 0 Å². The molecule has 0 saturated heterocycles. The fourth-order valence-corrected chi connectivity index (χ4v) is 5.51. The van der Waals surface area contributed by atoms with Gasteiger partial charge in [0.25, 0.3) is 0 Å². The Hall–Kier alpha value is -2.70. The number of aromatic nitrogens is 3. The number of pyridine rings is 1. The first-order valence-electron chi connectivity index (χ1n) is 11.8. The minimum Gasteiger partial charge on any atom is -0.349 e. The van der Waals surface area contributed by atoms with Gasteiger partial charge in [-0.05, 0) is 54.8 Å². The van der Waals surface area contributed by atoms with Crippen LogP contribution in [0.3, 0.4) is 0 Å². The molecule has 33 heavy (non-hydrogen) atoms. The van der Waals surface area contributed by atoms with E-state index in [0.29, 0.717) is 11.6 Å². The highest BCUT2D eigenvalue weighted by molar-refractivity contribution is 6.32. The van der Waals surface area contributed by atoms with Gasteiger partial charge in [-0.2, -0.15) is 0 Å². The van der Waals surface area contributed by atoms with Crippen molar-refractivity contribution in [2.75, 3.05) is 29.9 Å². The molecule has 0 aliphatic carbocycles. The van der Waals surface area contributed by atoms with Gasteiger partial charge in [0.05, 0.1) is 17.3 Å². The quantitative estimate of drug-likeness (QED) is 0.552. The standard InChI is InChI=1S/C26H31ClN6/c1-4-11-32-14-18-13-19(7-8-21(18)26(2,3)16-32)31-24-20-9-12-33(15-23(20)29-17-30-24)25-22(27)6-5-10-28-25/h5-8,10,13,17H,4,9,11-12,14-16H2,1-3H3,(H,29,30,31). The van der Waals surface area contributed by atoms with Crippen LogP contribution in [0.4, 0.5) is 17.3 Å². The zero-order valence-corrected chi connectivity index (χ0v) is 20.4. The van der Waals surface area contributed by atoms with Gasteiger partial charge < -0.3 is 10.2 Å². The molecule has 0 atom stereocenters. The van der Waals surface area contributed by atoms with E-state index in [2.05, 4.69) is 69.0 Å². The van der Waals surface area contributed by atoms with Crippen molar-refractivity contribution in [3.8, 4) is 0 Å². The summed E-state index contributed by atoms with van der Waals surface area (Å²) in [6.07, 6.45) is 5.45. The average Bonchev–Trinajstić information content (AvgIpc) is 2.79. The van der Waals surface area contributed by atoms with E-state index >= 15 is 0 Å². The Labute approximate surface area is 201 Å². The molecule has 6 nitrogen and oxygen atoms in total. The highest BCUT2D eigenvalue weighted by Gasteiger charge is 2.31. The fourth-order valence-electron chi connectivity index (χ4n) is 5.27. The van der Waals surface area contributed by atoms with E-state index in [1.807, 2.05) is 12.1 Å². The summed E-state index contributed by atoms with van der Waals surface area (Å²) in [7, 11) is 0. The van der Waals surface area contributed by atoms with E-state index in [9.17, 15) is 0 Å². The van der Waals surface area contributed by atoms with Crippen LogP contribution in [0.5, 0.6) is 0 Å². The molecule has 3 aromatic rings. The fraction of sp³-hybridized carbons (Fsp3) is 0.423. The molecule has 7 heteroatoms. The maximum atomic E-state index is 6.38. The zero-order chi connectivity index (χ0) is 23.0. The van der Waals surface area contributed by atoms with Crippen LogP contribution in [0.2, 0.25) is 5.02 Å². The summed E-state index contributed by atoms with van der Waals surface area (Å²) in [6, 6.07) is 10.5. The van der Waals surface area contributed by atoms with Gasteiger partial charge in [0.2, 0.25) is 0 Å². The molecule has 172 valence electrons. The van der Waals surface area contributed by atoms with Gasteiger partial charge in [0.1, 0.15) is 18.0 Å². The SMILES string of the molecule is CCCN1Cc2cc(Nc3ncnc4c3CCN(c3ncccc3Cl)C4)ccc2C(C)(C)C1. The number of benzene rings is 1. The van der Waals surface area contributed by atoms with Crippen LogP contribution in [-0.4, -0.2) is 39.5 Å². The van der Waals surface area contributed by atoms with Crippen LogP contribution in [0, 0.1) is 0 Å². The van der Waals surface area contributed by atoms with E-state index < -0.39 is 0 Å². The predicted octanol–water partition coefficient (Wildman–Crippen LogP) is 5.33. The lowest BCUT2D eigenvalue weighted by Gasteiger charge is -2.40. The van der Waals surface area contributed by atoms with Crippen molar-refractivity contribution in [2.24, 2.45) is 0 Å². The molecule has 1 N–H and O–H groups in total. The largest absolute Gasteiger partial charge is 0.349 e. The van der Waals surface area contributed by atoms with E-state index in [4.69, 9.17) is 11.6 Å². The number of halogens is 1. The lowest BCUT2D eigenvalue weighted by atomic mass is 9.78. The van der Waals surface area contributed by atoms with Gasteiger partial charge in [-0.15, -0.1) is 0 Å². The molecule has 0 spiro atoms. The average molecular weight is 463 g/mol. The topological polar surface area (TPSA) is 57.2 Å². The van der Waals surface area contributed by atoms with Gasteiger partial charge in [-0.25, -0.2) is 15.0 Å². The van der Waals surface area contributed by atoms with Gasteiger partial charge >= 0.3 is 0 Å². The zero-order valence-electron chi connectivity index (χ0n) is 19.6. The molecular formula is C26H31ClN6. The van der Waals surface area contributed by atoms with Crippen LogP contribution in [0.25, 0.3) is 0 Å². The number of anilines is 3. The van der Waals surface area contributed by atoms with E-state index in [-0.39, 0.29) is 5.41 Å². The first-order valence-corrected chi connectivity index (χ1v) is 12.1. The summed E-state index contributed by atoms with van der Waals surface area (Å²) in [4.78, 5) is 18.4. The summed E-state index contributed by atoms with van der Waals surface area (Å²) >= 11 is 6.38. The van der Waals surface area contributed by atoms with Crippen LogP contribution < -0.4 is 10.2 Å². The van der Waals surface area contributed by atoms with Gasteiger partial charge in [-0.3, -0.25) is 4.90 Å². The smallest absolute Gasteiger partial charge is 0.147 e. The molecule has 2 aromatic heterocycles. The van der Waals surface area contributed by atoms with E-state index in [0.717, 1.165) is 55.6 Å². The number of fused-ring (bicyclic) bond motifs is 2. The lowest BCUT2D eigenvalue weighted by Crippen LogP contribution is -2.42. The third-order valence-corrected chi connectivity index (χ3v) is 6.99. The van der Waals surface area contributed by atoms with Gasteiger partial charge in [0, 0.05) is 42.5 Å². The van der Waals surface area contributed by atoms with Crippen LogP contribution >= 0.6 is 11.6 Å². The van der Waals surface area contributed by atoms with E-state index in [1.54, 1.807) is 12.5 Å². The minimum absolute atomic E-state index is 0.158. The summed E-state index contributed by atoms with van der Waals surface area (Å²) in [6.45, 7) is 11.7. The first kappa shape index (κ1) is 22.1. The lowest BCUT2D eigenvalue weighted by molar-refractivity contribution is 0.194. The van der Waals surface area contributed by atoms with Crippen LogP contribution in [0.15, 0.2) is 42.9 Å². The Morgan fingerprint density at radius 3 is 2.82 bits per heavy atom. The minimum atomic E-state index is 0.158. The number of nitrogens with one attached hydrogen (secondary N) is 1. The Morgan fingerprint density at radius 1 is 1.12 bits per heavy atom. The van der Waals surface area contributed by atoms with E-state index in [1.165, 1.54) is 23.1 Å². The first-order chi connectivity index (χ1) is 15.9. The monoisotopic (exact) mass is 462 g/mol. The van der Waals surface area contributed by atoms with Crippen molar-refractivity contribution in [3.05, 3.63) is 70.3 Å². The van der Waals surface area contributed by atoms with Crippen molar-refractivity contribution in [2.45, 2.75) is 52.1 Å². The van der Waals surface area contributed by atoms with Crippen LogP contribution in [0.1, 0.15) is 49.6 Å². The molecule has 4 heterocycles. The van der Waals surface area contributed by atoms with Crippen LogP contribution in [-0.2, 0) is 24.9 Å². The highest BCUT2D eigenvalue weighted by Crippen LogP contribution is 2.36. The molecule has 0 saturated carbocycles. The molecule has 2 aliphatic rings.